The lowest BCUT2D eigenvalue weighted by Crippen LogP contribution is -2.23. The van der Waals surface area contributed by atoms with E-state index in [0.717, 1.165) is 49.0 Å². The highest BCUT2D eigenvalue weighted by Crippen LogP contribution is 2.21. The van der Waals surface area contributed by atoms with Gasteiger partial charge in [-0.3, -0.25) is 4.90 Å². The number of likely N-dealkylation sites (tertiary alicyclic amines) is 1. The Labute approximate surface area is 141 Å². The van der Waals surface area contributed by atoms with E-state index in [2.05, 4.69) is 33.2 Å². The number of nitrogens with one attached hydrogen (secondary N) is 1. The molecule has 3 heterocycles. The molecule has 1 unspecified atom stereocenters. The van der Waals surface area contributed by atoms with Crippen LogP contribution in [0.1, 0.15) is 17.9 Å². The van der Waals surface area contributed by atoms with Crippen molar-refractivity contribution in [3.8, 4) is 0 Å². The van der Waals surface area contributed by atoms with E-state index in [9.17, 15) is 0 Å². The monoisotopic (exact) mass is 322 g/mol. The molecule has 0 aliphatic carbocycles. The van der Waals surface area contributed by atoms with E-state index in [0.29, 0.717) is 5.92 Å². The maximum absolute atomic E-state index is 5.83. The summed E-state index contributed by atoms with van der Waals surface area (Å²) >= 11 is 0. The second-order valence-corrected chi connectivity index (χ2v) is 6.56. The van der Waals surface area contributed by atoms with Crippen LogP contribution in [0.3, 0.4) is 0 Å². The Balaban J connectivity index is 1.31. The number of benzene rings is 1. The van der Waals surface area contributed by atoms with E-state index in [1.54, 1.807) is 0 Å². The first-order valence-electron chi connectivity index (χ1n) is 8.49. The minimum Gasteiger partial charge on any atom is -0.439 e. The van der Waals surface area contributed by atoms with Crippen molar-refractivity contribution in [1.29, 1.82) is 0 Å². The Kier molecular flexibility index (Phi) is 4.17. The van der Waals surface area contributed by atoms with Crippen molar-refractivity contribution >= 4 is 16.9 Å². The number of aryl methyl sites for hydroxylation is 1. The molecule has 1 aliphatic heterocycles. The van der Waals surface area contributed by atoms with Crippen LogP contribution < -0.4 is 5.32 Å². The third-order valence-electron chi connectivity index (χ3n) is 4.55. The predicted octanol–water partition coefficient (Wildman–Crippen LogP) is 3.47. The molecular weight excluding hydrogens is 300 g/mol. The van der Waals surface area contributed by atoms with E-state index in [1.165, 1.54) is 12.0 Å². The zero-order valence-electron chi connectivity index (χ0n) is 13.9. The van der Waals surface area contributed by atoms with Crippen LogP contribution in [0.2, 0.25) is 0 Å². The molecule has 3 aromatic rings. The van der Waals surface area contributed by atoms with Crippen molar-refractivity contribution in [2.75, 3.05) is 25.0 Å². The number of rotatable bonds is 5. The van der Waals surface area contributed by atoms with Crippen LogP contribution in [-0.2, 0) is 6.54 Å². The lowest BCUT2D eigenvalue weighted by Gasteiger charge is -2.14. The molecule has 124 valence electrons. The van der Waals surface area contributed by atoms with Crippen LogP contribution in [0.4, 0.5) is 5.82 Å². The fourth-order valence-corrected chi connectivity index (χ4v) is 3.28. The van der Waals surface area contributed by atoms with Crippen LogP contribution in [0.15, 0.2) is 47.0 Å². The zero-order valence-corrected chi connectivity index (χ0v) is 13.9. The number of fused-ring (bicyclic) bond motifs is 1. The molecule has 24 heavy (non-hydrogen) atoms. The van der Waals surface area contributed by atoms with Gasteiger partial charge < -0.3 is 9.73 Å². The normalized spacial score (nSPS) is 18.3. The predicted molar refractivity (Wildman–Crippen MR) is 94.9 cm³/mol. The Bertz CT molecular complexity index is 796. The summed E-state index contributed by atoms with van der Waals surface area (Å²) in [6.07, 6.45) is 3.05. The van der Waals surface area contributed by atoms with Gasteiger partial charge in [-0.25, -0.2) is 9.97 Å². The highest BCUT2D eigenvalue weighted by Gasteiger charge is 2.23. The second kappa shape index (κ2) is 6.61. The highest BCUT2D eigenvalue weighted by molar-refractivity contribution is 5.72. The largest absolute Gasteiger partial charge is 0.439 e. The molecule has 2 aromatic heterocycles. The lowest BCUT2D eigenvalue weighted by molar-refractivity contribution is 0.286. The minimum atomic E-state index is 0.636. The van der Waals surface area contributed by atoms with Gasteiger partial charge in [0.2, 0.25) is 5.89 Å². The molecule has 0 radical (unpaired) electrons. The fourth-order valence-electron chi connectivity index (χ4n) is 3.28. The average molecular weight is 322 g/mol. The number of hydrogen-bond donors (Lipinski definition) is 1. The van der Waals surface area contributed by atoms with Crippen molar-refractivity contribution in [3.63, 3.8) is 0 Å². The molecule has 1 atom stereocenters. The molecule has 0 amide bonds. The van der Waals surface area contributed by atoms with Crippen LogP contribution in [0.5, 0.6) is 0 Å². The van der Waals surface area contributed by atoms with Gasteiger partial charge in [0.1, 0.15) is 11.3 Å². The molecule has 5 nitrogen and oxygen atoms in total. The molecule has 1 fully saturated rings. The molecule has 1 aliphatic rings. The summed E-state index contributed by atoms with van der Waals surface area (Å²) < 4.78 is 5.83. The van der Waals surface area contributed by atoms with Gasteiger partial charge in [0, 0.05) is 19.3 Å². The van der Waals surface area contributed by atoms with Crippen molar-refractivity contribution in [3.05, 3.63) is 54.0 Å². The molecule has 5 heteroatoms. The van der Waals surface area contributed by atoms with Gasteiger partial charge >= 0.3 is 0 Å². The van der Waals surface area contributed by atoms with Crippen LogP contribution in [0.25, 0.3) is 11.1 Å². The van der Waals surface area contributed by atoms with Gasteiger partial charge in [-0.05, 0) is 55.6 Å². The van der Waals surface area contributed by atoms with Gasteiger partial charge in [-0.1, -0.05) is 12.1 Å². The molecule has 1 aromatic carbocycles. The summed E-state index contributed by atoms with van der Waals surface area (Å²) in [5.74, 6) is 2.41. The van der Waals surface area contributed by atoms with E-state index < -0.39 is 0 Å². The Hall–Kier alpha value is -2.40. The molecule has 0 bridgehead atoms. The van der Waals surface area contributed by atoms with Gasteiger partial charge in [0.15, 0.2) is 5.58 Å². The Morgan fingerprint density at radius 3 is 3.08 bits per heavy atom. The number of para-hydroxylation sites is 2. The third-order valence-corrected chi connectivity index (χ3v) is 4.55. The number of aromatic nitrogens is 2. The van der Waals surface area contributed by atoms with Crippen molar-refractivity contribution in [2.45, 2.75) is 19.9 Å². The van der Waals surface area contributed by atoms with Crippen LogP contribution in [0, 0.1) is 12.8 Å². The van der Waals surface area contributed by atoms with E-state index in [1.807, 2.05) is 36.5 Å². The summed E-state index contributed by atoms with van der Waals surface area (Å²) in [7, 11) is 0. The molecule has 1 saturated heterocycles. The summed E-state index contributed by atoms with van der Waals surface area (Å²) in [6, 6.07) is 12.0. The number of oxazole rings is 1. The van der Waals surface area contributed by atoms with Gasteiger partial charge in [0.25, 0.3) is 0 Å². The zero-order chi connectivity index (χ0) is 16.4. The van der Waals surface area contributed by atoms with E-state index >= 15 is 0 Å². The quantitative estimate of drug-likeness (QED) is 0.779. The highest BCUT2D eigenvalue weighted by atomic mass is 16.3. The molecule has 0 spiro atoms. The molecule has 4 rings (SSSR count). The van der Waals surface area contributed by atoms with Crippen LogP contribution >= 0.6 is 0 Å². The summed E-state index contributed by atoms with van der Waals surface area (Å²) in [5, 5.41) is 3.46. The Morgan fingerprint density at radius 2 is 2.21 bits per heavy atom. The summed E-state index contributed by atoms with van der Waals surface area (Å²) in [4.78, 5) is 11.3. The standard InChI is InChI=1S/C19H22N4O/c1-14-6-8-20-18(10-14)21-11-15-7-9-23(12-15)13-19-22-16-4-2-3-5-17(16)24-19/h2-6,8,10,15H,7,9,11-13H2,1H3,(H,20,21). The molecular formula is C19H22N4O. The van der Waals surface area contributed by atoms with Gasteiger partial charge in [-0.15, -0.1) is 0 Å². The second-order valence-electron chi connectivity index (χ2n) is 6.56. The van der Waals surface area contributed by atoms with Crippen molar-refractivity contribution in [2.24, 2.45) is 5.92 Å². The number of nitrogens with zero attached hydrogens (tertiary/aromatic N) is 3. The number of anilines is 1. The van der Waals surface area contributed by atoms with Crippen molar-refractivity contribution < 1.29 is 4.42 Å². The summed E-state index contributed by atoms with van der Waals surface area (Å²) in [6.45, 7) is 5.99. The maximum Gasteiger partial charge on any atom is 0.209 e. The SMILES string of the molecule is Cc1ccnc(NCC2CCN(Cc3nc4ccccc4o3)C2)c1. The third kappa shape index (κ3) is 3.41. The molecule has 0 saturated carbocycles. The fraction of sp³-hybridized carbons (Fsp3) is 0.368. The lowest BCUT2D eigenvalue weighted by atomic mass is 10.1. The van der Waals surface area contributed by atoms with Crippen LogP contribution in [-0.4, -0.2) is 34.5 Å². The summed E-state index contributed by atoms with van der Waals surface area (Å²) in [5.41, 5.74) is 3.04. The number of hydrogen-bond acceptors (Lipinski definition) is 5. The minimum absolute atomic E-state index is 0.636. The van der Waals surface area contributed by atoms with Gasteiger partial charge in [-0.2, -0.15) is 0 Å². The topological polar surface area (TPSA) is 54.2 Å². The first-order chi connectivity index (χ1) is 11.8. The van der Waals surface area contributed by atoms with E-state index in [-0.39, 0.29) is 0 Å². The Morgan fingerprint density at radius 1 is 1.29 bits per heavy atom. The van der Waals surface area contributed by atoms with Crippen molar-refractivity contribution in [1.82, 2.24) is 14.9 Å². The first-order valence-corrected chi connectivity index (χ1v) is 8.49. The number of pyridine rings is 1. The van der Waals surface area contributed by atoms with E-state index in [4.69, 9.17) is 4.42 Å². The first kappa shape index (κ1) is 15.1. The smallest absolute Gasteiger partial charge is 0.209 e. The molecule has 1 N–H and O–H groups in total. The van der Waals surface area contributed by atoms with Gasteiger partial charge in [0.05, 0.1) is 6.54 Å². The average Bonchev–Trinajstić information content (AvgIpc) is 3.19. The maximum atomic E-state index is 5.83.